The summed E-state index contributed by atoms with van der Waals surface area (Å²) in [5.74, 6) is 0.381. The predicted octanol–water partition coefficient (Wildman–Crippen LogP) is 2.89. The smallest absolute Gasteiger partial charge is 0.323 e. The second-order valence-corrected chi connectivity index (χ2v) is 8.80. The number of imidazole rings is 1. The van der Waals surface area contributed by atoms with Crippen LogP contribution in [0.1, 0.15) is 20.8 Å². The summed E-state index contributed by atoms with van der Waals surface area (Å²) >= 11 is 2.80. The summed E-state index contributed by atoms with van der Waals surface area (Å²) < 4.78 is 0.740. The van der Waals surface area contributed by atoms with E-state index < -0.39 is 0 Å². The van der Waals surface area contributed by atoms with E-state index in [0.29, 0.717) is 22.6 Å². The highest BCUT2D eigenvalue weighted by Gasteiger charge is 2.17. The highest BCUT2D eigenvalue weighted by atomic mass is 32.2. The Hall–Kier alpha value is -2.33. The first kappa shape index (κ1) is 18.5. The van der Waals surface area contributed by atoms with Crippen molar-refractivity contribution in [3.8, 4) is 0 Å². The lowest BCUT2D eigenvalue weighted by molar-refractivity contribution is -0.115. The minimum Gasteiger partial charge on any atom is -0.360 e. The Balaban J connectivity index is 1.59. The van der Waals surface area contributed by atoms with Crippen LogP contribution in [0.4, 0.5) is 10.8 Å². The average Bonchev–Trinajstić information content (AvgIpc) is 3.17. The zero-order chi connectivity index (χ0) is 18.7. The van der Waals surface area contributed by atoms with Crippen LogP contribution >= 0.6 is 23.1 Å². The molecule has 0 saturated carbocycles. The van der Waals surface area contributed by atoms with Gasteiger partial charge in [-0.15, -0.1) is 10.2 Å². The van der Waals surface area contributed by atoms with E-state index in [1.54, 1.807) is 18.2 Å². The topological polar surface area (TPSA) is 116 Å². The number of hydrogen-bond acceptors (Lipinski definition) is 7. The normalized spacial score (nSPS) is 12.5. The number of fused-ring (bicyclic) bond motifs is 1. The first-order valence-electron chi connectivity index (χ1n) is 8.17. The van der Waals surface area contributed by atoms with Crippen molar-refractivity contribution in [2.24, 2.45) is 5.92 Å². The maximum Gasteiger partial charge on any atom is 0.323 e. The van der Waals surface area contributed by atoms with Crippen molar-refractivity contribution < 1.29 is 4.79 Å². The molecule has 0 fully saturated rings. The van der Waals surface area contributed by atoms with Gasteiger partial charge in [0.2, 0.25) is 11.0 Å². The van der Waals surface area contributed by atoms with Crippen LogP contribution in [0.15, 0.2) is 27.3 Å². The van der Waals surface area contributed by atoms with E-state index in [1.165, 1.54) is 23.1 Å². The standard InChI is InChI=1S/C16H20N6O2S2/c1-8(2)7-17-15-21-22-16(26-15)25-9(3)13(23)18-10-4-5-11-12(6-10)20-14(24)19-11/h4-6,8-9H,7H2,1-3H3,(H,17,21)(H,18,23)(H2,19,20,24)/t9-/m0/s1. The fourth-order valence-electron chi connectivity index (χ4n) is 2.18. The number of aromatic amines is 2. The second kappa shape index (κ2) is 7.92. The van der Waals surface area contributed by atoms with Crippen molar-refractivity contribution in [3.63, 3.8) is 0 Å². The van der Waals surface area contributed by atoms with Gasteiger partial charge in [-0.3, -0.25) is 4.79 Å². The molecule has 0 unspecified atom stereocenters. The number of nitrogens with zero attached hydrogens (tertiary/aromatic N) is 2. The van der Waals surface area contributed by atoms with E-state index in [-0.39, 0.29) is 16.8 Å². The lowest BCUT2D eigenvalue weighted by atomic mass is 10.2. The highest BCUT2D eigenvalue weighted by Crippen LogP contribution is 2.29. The minimum atomic E-state index is -0.332. The summed E-state index contributed by atoms with van der Waals surface area (Å²) in [6.45, 7) is 6.89. The number of H-pyrrole nitrogens is 2. The largest absolute Gasteiger partial charge is 0.360 e. The molecule has 0 aliphatic heterocycles. The Kier molecular flexibility index (Phi) is 5.62. The summed E-state index contributed by atoms with van der Waals surface area (Å²) in [5, 5.41) is 14.7. The maximum atomic E-state index is 12.4. The van der Waals surface area contributed by atoms with Gasteiger partial charge in [0.05, 0.1) is 16.3 Å². The van der Waals surface area contributed by atoms with Gasteiger partial charge in [-0.05, 0) is 31.0 Å². The monoisotopic (exact) mass is 392 g/mol. The maximum absolute atomic E-state index is 12.4. The van der Waals surface area contributed by atoms with E-state index in [4.69, 9.17) is 0 Å². The number of carbonyl (C=O) groups is 1. The molecule has 0 aliphatic carbocycles. The molecule has 1 amide bonds. The number of benzene rings is 1. The van der Waals surface area contributed by atoms with Crippen LogP contribution in [-0.2, 0) is 4.79 Å². The zero-order valence-corrected chi connectivity index (χ0v) is 16.3. The van der Waals surface area contributed by atoms with Gasteiger partial charge in [-0.2, -0.15) is 0 Å². The molecule has 4 N–H and O–H groups in total. The fourth-order valence-corrected chi connectivity index (χ4v) is 4.08. The van der Waals surface area contributed by atoms with Gasteiger partial charge in [0, 0.05) is 12.2 Å². The first-order chi connectivity index (χ1) is 12.4. The lowest BCUT2D eigenvalue weighted by Crippen LogP contribution is -2.22. The Morgan fingerprint density at radius 3 is 2.77 bits per heavy atom. The third-order valence-electron chi connectivity index (χ3n) is 3.50. The van der Waals surface area contributed by atoms with Crippen LogP contribution < -0.4 is 16.3 Å². The number of nitrogens with one attached hydrogen (secondary N) is 4. The van der Waals surface area contributed by atoms with Crippen LogP contribution in [0.5, 0.6) is 0 Å². The summed E-state index contributed by atoms with van der Waals surface area (Å²) in [6.07, 6.45) is 0. The Bertz CT molecular complexity index is 961. The van der Waals surface area contributed by atoms with Gasteiger partial charge in [0.25, 0.3) is 0 Å². The number of rotatable bonds is 7. The average molecular weight is 393 g/mol. The van der Waals surface area contributed by atoms with Crippen LogP contribution in [0, 0.1) is 5.92 Å². The van der Waals surface area contributed by atoms with Crippen molar-refractivity contribution in [2.45, 2.75) is 30.4 Å². The van der Waals surface area contributed by atoms with E-state index in [9.17, 15) is 9.59 Å². The minimum absolute atomic E-state index is 0.140. The molecule has 8 nitrogen and oxygen atoms in total. The molecule has 3 rings (SSSR count). The molecule has 0 aliphatic rings. The van der Waals surface area contributed by atoms with Gasteiger partial charge in [0.15, 0.2) is 4.34 Å². The van der Waals surface area contributed by atoms with Crippen LogP contribution in [-0.4, -0.2) is 37.9 Å². The summed E-state index contributed by atoms with van der Waals surface area (Å²) in [7, 11) is 0. The summed E-state index contributed by atoms with van der Waals surface area (Å²) in [6, 6.07) is 5.22. The molecule has 26 heavy (non-hydrogen) atoms. The molecule has 1 atom stereocenters. The molecular weight excluding hydrogens is 372 g/mol. The van der Waals surface area contributed by atoms with Crippen LogP contribution in [0.3, 0.4) is 0 Å². The third-order valence-corrected chi connectivity index (χ3v) is 5.56. The van der Waals surface area contributed by atoms with Gasteiger partial charge >= 0.3 is 5.69 Å². The Morgan fingerprint density at radius 1 is 1.23 bits per heavy atom. The molecule has 3 aromatic rings. The number of amides is 1. The molecule has 10 heteroatoms. The first-order valence-corrected chi connectivity index (χ1v) is 9.87. The number of hydrogen-bond donors (Lipinski definition) is 4. The van der Waals surface area contributed by atoms with Gasteiger partial charge in [0.1, 0.15) is 0 Å². The molecule has 2 heterocycles. The predicted molar refractivity (Wildman–Crippen MR) is 106 cm³/mol. The summed E-state index contributed by atoms with van der Waals surface area (Å²) in [4.78, 5) is 29.0. The fraction of sp³-hybridized carbons (Fsp3) is 0.375. The second-order valence-electron chi connectivity index (χ2n) is 6.24. The molecule has 0 radical (unpaired) electrons. The van der Waals surface area contributed by atoms with Gasteiger partial charge < -0.3 is 20.6 Å². The third kappa shape index (κ3) is 4.64. The molecular formula is C16H20N6O2S2. The van der Waals surface area contributed by atoms with E-state index >= 15 is 0 Å². The van der Waals surface area contributed by atoms with Gasteiger partial charge in [-0.25, -0.2) is 4.79 Å². The molecule has 0 saturated heterocycles. The van der Waals surface area contributed by atoms with Crippen molar-refractivity contribution in [1.29, 1.82) is 0 Å². The molecule has 0 bridgehead atoms. The Labute approximate surface area is 158 Å². The number of thioether (sulfide) groups is 1. The molecule has 0 spiro atoms. The molecule has 2 aromatic heterocycles. The van der Waals surface area contributed by atoms with Crippen molar-refractivity contribution in [3.05, 3.63) is 28.7 Å². The summed E-state index contributed by atoms with van der Waals surface area (Å²) in [5.41, 5.74) is 1.70. The Morgan fingerprint density at radius 2 is 2.00 bits per heavy atom. The highest BCUT2D eigenvalue weighted by molar-refractivity contribution is 8.02. The van der Waals surface area contributed by atoms with E-state index in [1.807, 2.05) is 6.92 Å². The van der Waals surface area contributed by atoms with Crippen molar-refractivity contribution in [1.82, 2.24) is 20.2 Å². The lowest BCUT2D eigenvalue weighted by Gasteiger charge is -2.10. The SMILES string of the molecule is CC(C)CNc1nnc(S[C@@H](C)C(=O)Nc2ccc3[nH]c(=O)[nH]c3c2)s1. The van der Waals surface area contributed by atoms with Crippen molar-refractivity contribution >= 4 is 50.9 Å². The number of aromatic nitrogens is 4. The van der Waals surface area contributed by atoms with Gasteiger partial charge in [-0.1, -0.05) is 36.9 Å². The zero-order valence-electron chi connectivity index (χ0n) is 14.6. The molecule has 1 aromatic carbocycles. The number of carbonyl (C=O) groups excluding carboxylic acids is 1. The van der Waals surface area contributed by atoms with E-state index in [0.717, 1.165) is 16.0 Å². The number of anilines is 2. The molecule has 138 valence electrons. The van der Waals surface area contributed by atoms with E-state index in [2.05, 4.69) is 44.6 Å². The van der Waals surface area contributed by atoms with Crippen molar-refractivity contribution in [2.75, 3.05) is 17.2 Å². The quantitative estimate of drug-likeness (QED) is 0.460. The van der Waals surface area contributed by atoms with Crippen LogP contribution in [0.25, 0.3) is 11.0 Å². The van der Waals surface area contributed by atoms with Crippen LogP contribution in [0.2, 0.25) is 0 Å².